The predicted octanol–water partition coefficient (Wildman–Crippen LogP) is 4.55. The molecule has 0 spiro atoms. The molecule has 2 N–H and O–H groups in total. The summed E-state index contributed by atoms with van der Waals surface area (Å²) in [5, 5.41) is 19.6. The number of anilines is 1. The number of nitrogens with zero attached hydrogens (tertiary/aromatic N) is 4. The number of halogens is 1. The van der Waals surface area contributed by atoms with Crippen LogP contribution in [0.15, 0.2) is 78.3 Å². The fourth-order valence-corrected chi connectivity index (χ4v) is 5.95. The van der Waals surface area contributed by atoms with Crippen LogP contribution in [0.5, 0.6) is 0 Å². The molecule has 10 heteroatoms. The Balaban J connectivity index is 1.54. The molecule has 6 rings (SSSR count). The lowest BCUT2D eigenvalue weighted by Crippen LogP contribution is -2.66. The fourth-order valence-electron chi connectivity index (χ4n) is 5.23. The van der Waals surface area contributed by atoms with E-state index in [1.807, 2.05) is 30.3 Å². The number of thiazole rings is 1. The number of rotatable bonds is 5. The van der Waals surface area contributed by atoms with E-state index >= 15 is 0 Å². The van der Waals surface area contributed by atoms with Gasteiger partial charge in [0.25, 0.3) is 11.8 Å². The quantitative estimate of drug-likeness (QED) is 0.318. The van der Waals surface area contributed by atoms with Crippen LogP contribution in [0.25, 0.3) is 15.9 Å². The van der Waals surface area contributed by atoms with Crippen LogP contribution in [0.2, 0.25) is 0 Å². The van der Waals surface area contributed by atoms with Gasteiger partial charge in [0.05, 0.1) is 33.0 Å². The first-order chi connectivity index (χ1) is 18.8. The van der Waals surface area contributed by atoms with Crippen molar-refractivity contribution in [3.8, 4) is 5.69 Å². The lowest BCUT2D eigenvalue weighted by atomic mass is 9.78. The Morgan fingerprint density at radius 3 is 2.59 bits per heavy atom. The van der Waals surface area contributed by atoms with Gasteiger partial charge in [0.2, 0.25) is 5.72 Å². The summed E-state index contributed by atoms with van der Waals surface area (Å²) in [4.78, 5) is 33.4. The van der Waals surface area contributed by atoms with Crippen molar-refractivity contribution in [1.29, 1.82) is 0 Å². The van der Waals surface area contributed by atoms with Gasteiger partial charge in [0, 0.05) is 17.7 Å². The molecule has 1 aliphatic rings. The molecular formula is C29H24FN5O3S. The number of fused-ring (bicyclic) bond motifs is 2. The van der Waals surface area contributed by atoms with Crippen molar-refractivity contribution in [3.63, 3.8) is 0 Å². The van der Waals surface area contributed by atoms with Crippen molar-refractivity contribution in [2.24, 2.45) is 0 Å². The minimum Gasteiger partial charge on any atom is -0.362 e. The van der Waals surface area contributed by atoms with Crippen LogP contribution in [-0.4, -0.2) is 44.0 Å². The monoisotopic (exact) mass is 541 g/mol. The summed E-state index contributed by atoms with van der Waals surface area (Å²) in [6.07, 6.45) is 0. The predicted molar refractivity (Wildman–Crippen MR) is 147 cm³/mol. The molecule has 0 fully saturated rings. The van der Waals surface area contributed by atoms with Gasteiger partial charge >= 0.3 is 0 Å². The van der Waals surface area contributed by atoms with Crippen LogP contribution < -0.4 is 10.2 Å². The highest BCUT2D eigenvalue weighted by Gasteiger charge is 2.56. The van der Waals surface area contributed by atoms with Gasteiger partial charge in [-0.1, -0.05) is 30.3 Å². The second-order valence-corrected chi connectivity index (χ2v) is 10.2. The number of aromatic nitrogens is 3. The molecule has 0 aliphatic carbocycles. The Morgan fingerprint density at radius 1 is 1.13 bits per heavy atom. The molecule has 2 aromatic heterocycles. The van der Waals surface area contributed by atoms with Crippen LogP contribution >= 0.6 is 11.3 Å². The molecule has 1 aliphatic heterocycles. The van der Waals surface area contributed by atoms with E-state index in [1.54, 1.807) is 42.2 Å². The maximum atomic E-state index is 14.2. The lowest BCUT2D eigenvalue weighted by molar-refractivity contribution is -0.142. The number of aliphatic hydroxyl groups is 1. The number of likely N-dealkylation sites (N-methyl/N-ethyl adjacent to an activating group) is 1. The third-order valence-electron chi connectivity index (χ3n) is 7.03. The second-order valence-electron chi connectivity index (χ2n) is 9.36. The molecule has 196 valence electrons. The molecule has 0 radical (unpaired) electrons. The van der Waals surface area contributed by atoms with E-state index in [9.17, 15) is 19.1 Å². The highest BCUT2D eigenvalue weighted by atomic mass is 32.1. The Labute approximate surface area is 227 Å². The van der Waals surface area contributed by atoms with Crippen molar-refractivity contribution in [1.82, 2.24) is 20.1 Å². The van der Waals surface area contributed by atoms with Gasteiger partial charge in [-0.3, -0.25) is 14.5 Å². The summed E-state index contributed by atoms with van der Waals surface area (Å²) in [6, 6.07) is 19.9. The SMILES string of the molecule is CCN1C(=O)[C@](O)(NC(=O)c2ccc3ncsc3c2)[C@@H](c2ccc(F)cc2)c2c(C)nn(-c3ccccc3)c21. The number of nitrogens with one attached hydrogen (secondary N) is 1. The summed E-state index contributed by atoms with van der Waals surface area (Å²) in [7, 11) is 0. The zero-order valence-electron chi connectivity index (χ0n) is 21.1. The van der Waals surface area contributed by atoms with Crippen molar-refractivity contribution in [3.05, 3.63) is 107 Å². The number of hydrogen-bond acceptors (Lipinski definition) is 6. The Morgan fingerprint density at radius 2 is 1.87 bits per heavy atom. The van der Waals surface area contributed by atoms with Crippen LogP contribution in [0.4, 0.5) is 10.2 Å². The van der Waals surface area contributed by atoms with Crippen molar-refractivity contribution in [2.75, 3.05) is 11.4 Å². The zero-order chi connectivity index (χ0) is 27.3. The average molecular weight is 542 g/mol. The summed E-state index contributed by atoms with van der Waals surface area (Å²) in [5.41, 5.74) is 2.64. The van der Waals surface area contributed by atoms with E-state index in [2.05, 4.69) is 10.3 Å². The number of amides is 2. The highest BCUT2D eigenvalue weighted by molar-refractivity contribution is 7.16. The van der Waals surface area contributed by atoms with E-state index in [0.29, 0.717) is 22.6 Å². The summed E-state index contributed by atoms with van der Waals surface area (Å²) in [6.45, 7) is 3.79. The van der Waals surface area contributed by atoms with E-state index in [-0.39, 0.29) is 12.1 Å². The van der Waals surface area contributed by atoms with E-state index in [0.717, 1.165) is 15.9 Å². The van der Waals surface area contributed by atoms with Crippen LogP contribution in [0.3, 0.4) is 0 Å². The third-order valence-corrected chi connectivity index (χ3v) is 7.82. The molecule has 2 amide bonds. The molecule has 5 aromatic rings. The van der Waals surface area contributed by atoms with Crippen molar-refractivity contribution in [2.45, 2.75) is 25.5 Å². The van der Waals surface area contributed by atoms with Gasteiger partial charge in [-0.15, -0.1) is 11.3 Å². The topological polar surface area (TPSA) is 100 Å². The molecule has 0 unspecified atom stereocenters. The smallest absolute Gasteiger partial charge is 0.282 e. The van der Waals surface area contributed by atoms with Crippen LogP contribution in [-0.2, 0) is 4.79 Å². The Hall–Kier alpha value is -4.41. The molecule has 2 atom stereocenters. The minimum absolute atomic E-state index is 0.213. The first-order valence-corrected chi connectivity index (χ1v) is 13.3. The number of hydrogen-bond donors (Lipinski definition) is 2. The highest BCUT2D eigenvalue weighted by Crippen LogP contribution is 2.47. The second kappa shape index (κ2) is 9.40. The number of carbonyl (C=O) groups excluding carboxylic acids is 2. The largest absolute Gasteiger partial charge is 0.362 e. The van der Waals surface area contributed by atoms with Crippen LogP contribution in [0.1, 0.15) is 40.0 Å². The van der Waals surface area contributed by atoms with E-state index < -0.39 is 29.3 Å². The summed E-state index contributed by atoms with van der Waals surface area (Å²) in [5.74, 6) is -2.36. The number of para-hydroxylation sites is 1. The molecular weight excluding hydrogens is 517 g/mol. The van der Waals surface area contributed by atoms with Gasteiger partial charge in [-0.25, -0.2) is 14.1 Å². The fraction of sp³-hybridized carbons (Fsp3) is 0.172. The normalized spacial score (nSPS) is 18.8. The number of carbonyl (C=O) groups is 2. The van der Waals surface area contributed by atoms with E-state index in [4.69, 9.17) is 5.10 Å². The molecule has 3 heterocycles. The zero-order valence-corrected chi connectivity index (χ0v) is 21.9. The molecule has 0 saturated heterocycles. The first-order valence-electron chi connectivity index (χ1n) is 12.4. The van der Waals surface area contributed by atoms with Gasteiger partial charge in [-0.2, -0.15) is 5.10 Å². The average Bonchev–Trinajstić information content (AvgIpc) is 3.55. The standard InChI is InChI=1S/C29H24FN5O3S/c1-3-34-27-24(17(2)33-35(27)21-7-5-4-6-8-21)25(18-9-12-20(30)13-10-18)29(38,28(34)37)32-26(36)19-11-14-22-23(15-19)39-16-31-22/h4-16,25,38H,3H2,1-2H3,(H,32,36)/t25-,29-/m0/s1. The molecule has 0 bridgehead atoms. The Kier molecular flexibility index (Phi) is 6.00. The maximum Gasteiger partial charge on any atom is 0.282 e. The molecule has 0 saturated carbocycles. The van der Waals surface area contributed by atoms with Gasteiger partial charge in [0.15, 0.2) is 0 Å². The lowest BCUT2D eigenvalue weighted by Gasteiger charge is -2.43. The summed E-state index contributed by atoms with van der Waals surface area (Å²) < 4.78 is 16.4. The Bertz CT molecular complexity index is 1720. The van der Waals surface area contributed by atoms with Gasteiger partial charge in [0.1, 0.15) is 11.6 Å². The van der Waals surface area contributed by atoms with Gasteiger partial charge < -0.3 is 10.4 Å². The van der Waals surface area contributed by atoms with E-state index in [1.165, 1.54) is 40.5 Å². The third kappa shape index (κ3) is 4.00. The van der Waals surface area contributed by atoms with Gasteiger partial charge in [-0.05, 0) is 61.9 Å². The van der Waals surface area contributed by atoms with Crippen molar-refractivity contribution >= 4 is 39.2 Å². The first kappa shape index (κ1) is 24.9. The van der Waals surface area contributed by atoms with Crippen LogP contribution in [0, 0.1) is 12.7 Å². The molecule has 8 nitrogen and oxygen atoms in total. The summed E-state index contributed by atoms with van der Waals surface area (Å²) >= 11 is 1.39. The molecule has 3 aromatic carbocycles. The molecule has 39 heavy (non-hydrogen) atoms. The van der Waals surface area contributed by atoms with Crippen molar-refractivity contribution < 1.29 is 19.1 Å². The maximum absolute atomic E-state index is 14.2. The minimum atomic E-state index is -2.38. The number of aryl methyl sites for hydroxylation is 1. The number of benzene rings is 3.